The van der Waals surface area contributed by atoms with Crippen molar-refractivity contribution in [2.45, 2.75) is 19.3 Å². The van der Waals surface area contributed by atoms with Crippen LogP contribution in [0.15, 0.2) is 71.6 Å². The van der Waals surface area contributed by atoms with Crippen molar-refractivity contribution in [1.82, 2.24) is 9.97 Å². The number of rotatable bonds is 5. The fourth-order valence-corrected chi connectivity index (χ4v) is 3.07. The maximum atomic E-state index is 13.1. The van der Waals surface area contributed by atoms with Crippen molar-refractivity contribution in [1.29, 1.82) is 0 Å². The van der Waals surface area contributed by atoms with Gasteiger partial charge in [0.2, 0.25) is 0 Å². The summed E-state index contributed by atoms with van der Waals surface area (Å²) < 4.78 is 0.996. The molecule has 0 aliphatic carbocycles. The minimum Gasteiger partial charge on any atom is -0.298 e. The van der Waals surface area contributed by atoms with E-state index in [4.69, 9.17) is 0 Å². The molecule has 0 bridgehead atoms. The third-order valence-corrected chi connectivity index (χ3v) is 4.53. The lowest BCUT2D eigenvalue weighted by molar-refractivity contribution is -0.119. The second-order valence-electron chi connectivity index (χ2n) is 5.68. The molecule has 1 atom stereocenters. The van der Waals surface area contributed by atoms with Crippen LogP contribution in [-0.2, 0) is 11.2 Å². The lowest BCUT2D eigenvalue weighted by atomic mass is 9.84. The molecule has 0 saturated heterocycles. The van der Waals surface area contributed by atoms with Crippen LogP contribution in [0.1, 0.15) is 28.3 Å². The number of hydrogen-bond acceptors (Lipinski definition) is 3. The van der Waals surface area contributed by atoms with Gasteiger partial charge in [-0.1, -0.05) is 52.3 Å². The van der Waals surface area contributed by atoms with Gasteiger partial charge in [-0.05, 0) is 35.7 Å². The van der Waals surface area contributed by atoms with Gasteiger partial charge in [0.1, 0.15) is 0 Å². The zero-order valence-corrected chi connectivity index (χ0v) is 14.9. The van der Waals surface area contributed by atoms with Gasteiger partial charge in [0.05, 0.1) is 18.0 Å². The molecule has 0 N–H and O–H groups in total. The van der Waals surface area contributed by atoms with Crippen LogP contribution in [-0.4, -0.2) is 15.8 Å². The highest BCUT2D eigenvalue weighted by Gasteiger charge is 2.24. The molecule has 0 radical (unpaired) electrons. The molecule has 0 amide bonds. The Kier molecular flexibility index (Phi) is 5.16. The summed E-state index contributed by atoms with van der Waals surface area (Å²) in [5.74, 6) is -0.187. The van der Waals surface area contributed by atoms with E-state index in [1.165, 1.54) is 0 Å². The average molecular weight is 381 g/mol. The quantitative estimate of drug-likeness (QED) is 0.654. The zero-order chi connectivity index (χ0) is 16.9. The maximum Gasteiger partial charge on any atom is 0.150 e. The first-order valence-corrected chi connectivity index (χ1v) is 8.53. The molecule has 3 rings (SSSR count). The van der Waals surface area contributed by atoms with Crippen LogP contribution in [0.25, 0.3) is 0 Å². The number of halogens is 1. The van der Waals surface area contributed by atoms with Crippen molar-refractivity contribution in [3.05, 3.63) is 94.0 Å². The number of benzene rings is 2. The van der Waals surface area contributed by atoms with Crippen molar-refractivity contribution in [2.24, 2.45) is 0 Å². The molecule has 0 spiro atoms. The number of hydrogen-bond donors (Lipinski definition) is 0. The topological polar surface area (TPSA) is 42.9 Å². The predicted octanol–water partition coefficient (Wildman–Crippen LogP) is 4.49. The molecule has 4 heteroatoms. The van der Waals surface area contributed by atoms with Crippen LogP contribution in [0.5, 0.6) is 0 Å². The maximum absolute atomic E-state index is 13.1. The SMILES string of the molecule is Cc1ccccc1C(C(=O)Cc1cnccn1)c1ccc(Br)cc1. The molecule has 0 fully saturated rings. The molecule has 0 aliphatic rings. The Balaban J connectivity index is 2.00. The Labute approximate surface area is 149 Å². The van der Waals surface area contributed by atoms with Gasteiger partial charge in [-0.2, -0.15) is 0 Å². The average Bonchev–Trinajstić information content (AvgIpc) is 2.59. The minimum absolute atomic E-state index is 0.118. The second-order valence-corrected chi connectivity index (χ2v) is 6.60. The Hall–Kier alpha value is -2.33. The van der Waals surface area contributed by atoms with Gasteiger partial charge in [-0.25, -0.2) is 0 Å². The third kappa shape index (κ3) is 3.77. The summed E-state index contributed by atoms with van der Waals surface area (Å²) in [6.07, 6.45) is 5.14. The molecule has 1 aromatic heterocycles. The van der Waals surface area contributed by atoms with Gasteiger partial charge in [0.25, 0.3) is 0 Å². The van der Waals surface area contributed by atoms with Gasteiger partial charge in [0, 0.05) is 23.1 Å². The summed E-state index contributed by atoms with van der Waals surface area (Å²) in [4.78, 5) is 21.4. The molecule has 120 valence electrons. The number of ketones is 1. The van der Waals surface area contributed by atoms with Crippen molar-refractivity contribution in [3.8, 4) is 0 Å². The monoisotopic (exact) mass is 380 g/mol. The number of carbonyl (C=O) groups is 1. The minimum atomic E-state index is -0.304. The second kappa shape index (κ2) is 7.49. The fraction of sp³-hybridized carbons (Fsp3) is 0.150. The van der Waals surface area contributed by atoms with Gasteiger partial charge >= 0.3 is 0 Å². The van der Waals surface area contributed by atoms with Crippen LogP contribution in [0.2, 0.25) is 0 Å². The number of carbonyl (C=O) groups excluding carboxylic acids is 1. The lowest BCUT2D eigenvalue weighted by Gasteiger charge is -2.19. The van der Waals surface area contributed by atoms with Crippen LogP contribution >= 0.6 is 15.9 Å². The number of aryl methyl sites for hydroxylation is 1. The normalized spacial score (nSPS) is 11.9. The third-order valence-electron chi connectivity index (χ3n) is 4.00. The number of aromatic nitrogens is 2. The summed E-state index contributed by atoms with van der Waals surface area (Å²) in [5, 5.41) is 0. The number of nitrogens with zero attached hydrogens (tertiary/aromatic N) is 2. The summed E-state index contributed by atoms with van der Waals surface area (Å²) in [5.41, 5.74) is 3.83. The van der Waals surface area contributed by atoms with E-state index in [2.05, 4.69) is 25.9 Å². The van der Waals surface area contributed by atoms with Crippen LogP contribution in [0.4, 0.5) is 0 Å². The van der Waals surface area contributed by atoms with E-state index in [-0.39, 0.29) is 18.1 Å². The molecular weight excluding hydrogens is 364 g/mol. The van der Waals surface area contributed by atoms with E-state index in [1.54, 1.807) is 18.6 Å². The van der Waals surface area contributed by atoms with Gasteiger partial charge in [-0.3, -0.25) is 14.8 Å². The van der Waals surface area contributed by atoms with Crippen LogP contribution < -0.4 is 0 Å². The Morgan fingerprint density at radius 1 is 1.08 bits per heavy atom. The first kappa shape index (κ1) is 16.5. The van der Waals surface area contributed by atoms with Gasteiger partial charge in [0.15, 0.2) is 5.78 Å². The van der Waals surface area contributed by atoms with E-state index < -0.39 is 0 Å². The molecule has 1 heterocycles. The van der Waals surface area contributed by atoms with E-state index in [0.717, 1.165) is 21.2 Å². The fourth-order valence-electron chi connectivity index (χ4n) is 2.81. The van der Waals surface area contributed by atoms with E-state index in [9.17, 15) is 4.79 Å². The van der Waals surface area contributed by atoms with Crippen LogP contribution in [0.3, 0.4) is 0 Å². The van der Waals surface area contributed by atoms with Gasteiger partial charge in [-0.15, -0.1) is 0 Å². The molecule has 2 aromatic carbocycles. The van der Waals surface area contributed by atoms with Crippen molar-refractivity contribution in [3.63, 3.8) is 0 Å². The highest BCUT2D eigenvalue weighted by molar-refractivity contribution is 9.10. The molecule has 0 aliphatic heterocycles. The van der Waals surface area contributed by atoms with Gasteiger partial charge < -0.3 is 0 Å². The lowest BCUT2D eigenvalue weighted by Crippen LogP contribution is -2.18. The molecule has 0 saturated carbocycles. The number of Topliss-reactive ketones (excluding diaryl/α,β-unsaturated/α-hetero) is 1. The smallest absolute Gasteiger partial charge is 0.150 e. The Morgan fingerprint density at radius 2 is 1.83 bits per heavy atom. The Morgan fingerprint density at radius 3 is 2.50 bits per heavy atom. The van der Waals surface area contributed by atoms with E-state index >= 15 is 0 Å². The van der Waals surface area contributed by atoms with Crippen molar-refractivity contribution >= 4 is 21.7 Å². The van der Waals surface area contributed by atoms with Crippen LogP contribution in [0, 0.1) is 6.92 Å². The largest absolute Gasteiger partial charge is 0.298 e. The highest BCUT2D eigenvalue weighted by atomic mass is 79.9. The van der Waals surface area contributed by atoms with E-state index in [0.29, 0.717) is 5.69 Å². The summed E-state index contributed by atoms with van der Waals surface area (Å²) in [6, 6.07) is 16.0. The standard InChI is InChI=1S/C20H17BrN2O/c1-14-4-2-3-5-18(14)20(15-6-8-16(21)9-7-15)19(24)12-17-13-22-10-11-23-17/h2-11,13,20H,12H2,1H3. The molecule has 3 nitrogen and oxygen atoms in total. The Bertz CT molecular complexity index is 832. The summed E-state index contributed by atoms with van der Waals surface area (Å²) in [6.45, 7) is 2.04. The molecule has 1 unspecified atom stereocenters. The molecular formula is C20H17BrN2O. The van der Waals surface area contributed by atoms with E-state index in [1.807, 2.05) is 55.5 Å². The molecule has 24 heavy (non-hydrogen) atoms. The van der Waals surface area contributed by atoms with Crippen molar-refractivity contribution in [2.75, 3.05) is 0 Å². The first-order valence-electron chi connectivity index (χ1n) is 7.74. The first-order chi connectivity index (χ1) is 11.6. The summed E-state index contributed by atoms with van der Waals surface area (Å²) >= 11 is 3.45. The zero-order valence-electron chi connectivity index (χ0n) is 13.3. The van der Waals surface area contributed by atoms with Crippen molar-refractivity contribution < 1.29 is 4.79 Å². The summed E-state index contributed by atoms with van der Waals surface area (Å²) in [7, 11) is 0. The predicted molar refractivity (Wildman–Crippen MR) is 97.9 cm³/mol. The molecule has 3 aromatic rings. The highest BCUT2D eigenvalue weighted by Crippen LogP contribution is 2.30.